The van der Waals surface area contributed by atoms with Gasteiger partial charge in [-0.05, 0) is 60.7 Å². The molecule has 5 nitrogen and oxygen atoms in total. The topological polar surface area (TPSA) is 60.8 Å². The summed E-state index contributed by atoms with van der Waals surface area (Å²) in [4.78, 5) is 20.4. The molecule has 0 aliphatic rings. The van der Waals surface area contributed by atoms with E-state index in [2.05, 4.69) is 103 Å². The molecule has 10 rings (SSSR count). The van der Waals surface area contributed by atoms with E-state index in [4.69, 9.17) is 24.7 Å². The standard InChI is InChI=1S/C48H30N4O/c1-3-8-31(9-4-1)41-26-20-34-14-15-36-22-28-43(51-46(36)45(34)49-41)33-18-24-39(25-19-33)53-40-13-7-12-38(30-40)44-29-23-37-17-16-35-21-27-42(32-10-5-2-6-11-32)50-47(35)48(37)52-44/h1-30H. The lowest BCUT2D eigenvalue weighted by atomic mass is 10.1. The Morgan fingerprint density at radius 1 is 0.264 bits per heavy atom. The van der Waals surface area contributed by atoms with E-state index in [1.54, 1.807) is 0 Å². The molecular formula is C48H30N4O. The molecule has 0 N–H and O–H groups in total. The van der Waals surface area contributed by atoms with Crippen LogP contribution in [0.15, 0.2) is 182 Å². The molecule has 0 fully saturated rings. The van der Waals surface area contributed by atoms with E-state index in [-0.39, 0.29) is 0 Å². The SMILES string of the molecule is c1ccc(-c2ccc3ccc4ccc(-c5ccc(Oc6cccc(-c7ccc8ccc9ccc(-c%10ccccc%10)nc9c8n7)c6)cc5)nc4c3n2)cc1. The van der Waals surface area contributed by atoms with E-state index in [9.17, 15) is 0 Å². The third-order valence-corrected chi connectivity index (χ3v) is 9.69. The third-order valence-electron chi connectivity index (χ3n) is 9.69. The number of nitrogens with zero attached hydrogens (tertiary/aromatic N) is 4. The second-order valence-corrected chi connectivity index (χ2v) is 13.1. The molecular weight excluding hydrogens is 649 g/mol. The predicted molar refractivity (Wildman–Crippen MR) is 216 cm³/mol. The summed E-state index contributed by atoms with van der Waals surface area (Å²) >= 11 is 0. The maximum absolute atomic E-state index is 6.37. The molecule has 0 atom stereocenters. The number of ether oxygens (including phenoxy) is 1. The molecule has 4 heterocycles. The number of hydrogen-bond donors (Lipinski definition) is 0. The fourth-order valence-electron chi connectivity index (χ4n) is 6.95. The molecule has 0 radical (unpaired) electrons. The van der Waals surface area contributed by atoms with Gasteiger partial charge in [0.15, 0.2) is 0 Å². The van der Waals surface area contributed by atoms with Crippen molar-refractivity contribution in [3.63, 3.8) is 0 Å². The molecule has 248 valence electrons. The van der Waals surface area contributed by atoms with Crippen LogP contribution in [0.25, 0.3) is 88.6 Å². The zero-order valence-corrected chi connectivity index (χ0v) is 28.5. The van der Waals surface area contributed by atoms with Crippen LogP contribution in [0.2, 0.25) is 0 Å². The lowest BCUT2D eigenvalue weighted by Crippen LogP contribution is -1.92. The predicted octanol–water partition coefficient (Wildman–Crippen LogP) is 12.3. The number of benzene rings is 6. The largest absolute Gasteiger partial charge is 0.457 e. The van der Waals surface area contributed by atoms with Gasteiger partial charge < -0.3 is 4.74 Å². The number of hydrogen-bond acceptors (Lipinski definition) is 5. The van der Waals surface area contributed by atoms with E-state index < -0.39 is 0 Å². The number of fused-ring (bicyclic) bond motifs is 6. The molecule has 0 unspecified atom stereocenters. The van der Waals surface area contributed by atoms with Gasteiger partial charge in [0, 0.05) is 43.8 Å². The first kappa shape index (κ1) is 30.6. The second-order valence-electron chi connectivity index (χ2n) is 13.1. The lowest BCUT2D eigenvalue weighted by Gasteiger charge is -2.11. The summed E-state index contributed by atoms with van der Waals surface area (Å²) in [5.41, 5.74) is 11.3. The average Bonchev–Trinajstić information content (AvgIpc) is 3.24. The molecule has 0 amide bonds. The van der Waals surface area contributed by atoms with Crippen molar-refractivity contribution in [3.05, 3.63) is 182 Å². The monoisotopic (exact) mass is 678 g/mol. The molecule has 6 aromatic carbocycles. The highest BCUT2D eigenvalue weighted by molar-refractivity contribution is 6.05. The maximum atomic E-state index is 6.37. The highest BCUT2D eigenvalue weighted by atomic mass is 16.5. The summed E-state index contributed by atoms with van der Waals surface area (Å²) < 4.78 is 6.37. The molecule has 0 aliphatic carbocycles. The van der Waals surface area contributed by atoms with Gasteiger partial charge in [-0.15, -0.1) is 0 Å². The summed E-state index contributed by atoms with van der Waals surface area (Å²) in [6.45, 7) is 0. The summed E-state index contributed by atoms with van der Waals surface area (Å²) in [7, 11) is 0. The molecule has 0 spiro atoms. The summed E-state index contributed by atoms with van der Waals surface area (Å²) in [6, 6.07) is 61.8. The fraction of sp³-hybridized carbons (Fsp3) is 0. The molecule has 0 saturated heterocycles. The van der Waals surface area contributed by atoms with Crippen LogP contribution in [0, 0.1) is 0 Å². The first-order chi connectivity index (χ1) is 26.2. The zero-order chi connectivity index (χ0) is 35.1. The maximum Gasteiger partial charge on any atom is 0.128 e. The van der Waals surface area contributed by atoms with E-state index in [0.717, 1.165) is 100 Å². The van der Waals surface area contributed by atoms with Crippen molar-refractivity contribution in [2.75, 3.05) is 0 Å². The van der Waals surface area contributed by atoms with Gasteiger partial charge in [0.05, 0.1) is 44.8 Å². The normalized spacial score (nSPS) is 11.4. The van der Waals surface area contributed by atoms with Gasteiger partial charge in [-0.1, -0.05) is 121 Å². The lowest BCUT2D eigenvalue weighted by molar-refractivity contribution is 0.483. The van der Waals surface area contributed by atoms with Crippen molar-refractivity contribution < 1.29 is 4.74 Å². The van der Waals surface area contributed by atoms with Crippen LogP contribution in [0.3, 0.4) is 0 Å². The van der Waals surface area contributed by atoms with Crippen molar-refractivity contribution in [1.82, 2.24) is 19.9 Å². The molecule has 53 heavy (non-hydrogen) atoms. The smallest absolute Gasteiger partial charge is 0.128 e. The van der Waals surface area contributed by atoms with Crippen molar-refractivity contribution in [3.8, 4) is 56.5 Å². The number of aromatic nitrogens is 4. The molecule has 5 heteroatoms. The van der Waals surface area contributed by atoms with Crippen molar-refractivity contribution >= 4 is 43.6 Å². The van der Waals surface area contributed by atoms with Crippen LogP contribution in [0.4, 0.5) is 0 Å². The molecule has 0 bridgehead atoms. The van der Waals surface area contributed by atoms with Crippen LogP contribution >= 0.6 is 0 Å². The number of pyridine rings is 4. The molecule has 0 saturated carbocycles. The summed E-state index contributed by atoms with van der Waals surface area (Å²) in [6.07, 6.45) is 0. The molecule has 0 aliphatic heterocycles. The number of rotatable bonds is 6. The van der Waals surface area contributed by atoms with Crippen LogP contribution in [0.5, 0.6) is 11.5 Å². The average molecular weight is 679 g/mol. The Kier molecular flexibility index (Phi) is 7.40. The Hall–Kier alpha value is -7.24. The van der Waals surface area contributed by atoms with Gasteiger partial charge in [-0.2, -0.15) is 0 Å². The third kappa shape index (κ3) is 5.80. The highest BCUT2D eigenvalue weighted by Gasteiger charge is 2.12. The van der Waals surface area contributed by atoms with Crippen LogP contribution < -0.4 is 4.74 Å². The van der Waals surface area contributed by atoms with Gasteiger partial charge in [0.1, 0.15) is 11.5 Å². The van der Waals surface area contributed by atoms with Gasteiger partial charge in [-0.3, -0.25) is 0 Å². The van der Waals surface area contributed by atoms with E-state index in [1.807, 2.05) is 78.9 Å². The van der Waals surface area contributed by atoms with Crippen molar-refractivity contribution in [2.24, 2.45) is 0 Å². The quantitative estimate of drug-likeness (QED) is 0.164. The minimum absolute atomic E-state index is 0.732. The Morgan fingerprint density at radius 3 is 1.06 bits per heavy atom. The minimum atomic E-state index is 0.732. The first-order valence-electron chi connectivity index (χ1n) is 17.6. The van der Waals surface area contributed by atoms with E-state index in [1.165, 1.54) is 0 Å². The second kappa shape index (κ2) is 12.8. The Labute approximate surface area is 305 Å². The van der Waals surface area contributed by atoms with Gasteiger partial charge in [0.2, 0.25) is 0 Å². The van der Waals surface area contributed by atoms with Gasteiger partial charge in [0.25, 0.3) is 0 Å². The van der Waals surface area contributed by atoms with E-state index >= 15 is 0 Å². The highest BCUT2D eigenvalue weighted by Crippen LogP contribution is 2.33. The van der Waals surface area contributed by atoms with Crippen LogP contribution in [-0.4, -0.2) is 19.9 Å². The first-order valence-corrected chi connectivity index (χ1v) is 17.6. The Morgan fingerprint density at radius 2 is 0.623 bits per heavy atom. The summed E-state index contributed by atoms with van der Waals surface area (Å²) in [5, 5.41) is 4.23. The van der Waals surface area contributed by atoms with Gasteiger partial charge >= 0.3 is 0 Å². The fourth-order valence-corrected chi connectivity index (χ4v) is 6.95. The van der Waals surface area contributed by atoms with Crippen LogP contribution in [0.1, 0.15) is 0 Å². The Balaban J connectivity index is 0.936. The van der Waals surface area contributed by atoms with Crippen LogP contribution in [-0.2, 0) is 0 Å². The van der Waals surface area contributed by atoms with Gasteiger partial charge in [-0.25, -0.2) is 19.9 Å². The summed E-state index contributed by atoms with van der Waals surface area (Å²) in [5.74, 6) is 1.47. The van der Waals surface area contributed by atoms with E-state index in [0.29, 0.717) is 0 Å². The molecule has 4 aromatic heterocycles. The Bertz CT molecular complexity index is 2960. The molecule has 10 aromatic rings. The van der Waals surface area contributed by atoms with Crippen molar-refractivity contribution in [2.45, 2.75) is 0 Å². The van der Waals surface area contributed by atoms with Crippen molar-refractivity contribution in [1.29, 1.82) is 0 Å². The zero-order valence-electron chi connectivity index (χ0n) is 28.5. The minimum Gasteiger partial charge on any atom is -0.457 e.